The van der Waals surface area contributed by atoms with Crippen LogP contribution in [0, 0.1) is 0 Å². The van der Waals surface area contributed by atoms with Crippen LogP contribution in [0.15, 0.2) is 64.8 Å². The highest BCUT2D eigenvalue weighted by Crippen LogP contribution is 2.35. The van der Waals surface area contributed by atoms with Crippen molar-refractivity contribution in [3.05, 3.63) is 76.7 Å². The molecule has 0 spiro atoms. The lowest BCUT2D eigenvalue weighted by molar-refractivity contribution is 0.0988. The Balaban J connectivity index is 1.53. The zero-order chi connectivity index (χ0) is 17.7. The van der Waals surface area contributed by atoms with Gasteiger partial charge in [0.15, 0.2) is 0 Å². The number of fused-ring (bicyclic) bond motifs is 2. The Bertz CT molecular complexity index is 1150. The van der Waals surface area contributed by atoms with Crippen molar-refractivity contribution >= 4 is 39.3 Å². The first-order valence-electron chi connectivity index (χ1n) is 7.91. The van der Waals surface area contributed by atoms with Crippen molar-refractivity contribution in [3.63, 3.8) is 0 Å². The van der Waals surface area contributed by atoms with E-state index in [-0.39, 0.29) is 28.5 Å². The predicted molar refractivity (Wildman–Crippen MR) is 98.2 cm³/mol. The molecule has 0 unspecified atom stereocenters. The standard InChI is InChI=1S/C20H10N2O3S/c23-19-13(20(24)18-17(19)21-6-7-22-18)8-12-9-15-16(26-12)10-14(25-15)11-4-2-1-3-5-11/h1-10H. The smallest absolute Gasteiger partial charge is 0.217 e. The highest BCUT2D eigenvalue weighted by Gasteiger charge is 2.35. The summed E-state index contributed by atoms with van der Waals surface area (Å²) in [6.07, 6.45) is 4.42. The molecule has 0 fully saturated rings. The van der Waals surface area contributed by atoms with Gasteiger partial charge in [0.1, 0.15) is 22.7 Å². The third kappa shape index (κ3) is 2.23. The van der Waals surface area contributed by atoms with E-state index in [1.807, 2.05) is 42.5 Å². The summed E-state index contributed by atoms with van der Waals surface area (Å²) in [4.78, 5) is 33.5. The van der Waals surface area contributed by atoms with E-state index >= 15 is 0 Å². The first kappa shape index (κ1) is 14.9. The number of hydrogen-bond donors (Lipinski definition) is 0. The van der Waals surface area contributed by atoms with Crippen LogP contribution in [-0.4, -0.2) is 21.5 Å². The van der Waals surface area contributed by atoms with Crippen LogP contribution in [0.4, 0.5) is 0 Å². The number of benzene rings is 1. The van der Waals surface area contributed by atoms with Crippen LogP contribution in [0.3, 0.4) is 0 Å². The van der Waals surface area contributed by atoms with Gasteiger partial charge in [0.2, 0.25) is 11.6 Å². The molecule has 0 radical (unpaired) electrons. The number of aromatic nitrogens is 2. The van der Waals surface area contributed by atoms with Gasteiger partial charge in [0.25, 0.3) is 0 Å². The van der Waals surface area contributed by atoms with Crippen LogP contribution in [0.5, 0.6) is 0 Å². The number of carbonyl (C=O) groups excluding carboxylic acids is 2. The van der Waals surface area contributed by atoms with E-state index in [0.717, 1.165) is 26.5 Å². The summed E-state index contributed by atoms with van der Waals surface area (Å²) in [7, 11) is 0. The van der Waals surface area contributed by atoms with Crippen molar-refractivity contribution in [2.75, 3.05) is 0 Å². The number of carbonyl (C=O) groups is 2. The Morgan fingerprint density at radius 1 is 0.923 bits per heavy atom. The zero-order valence-corrected chi connectivity index (χ0v) is 14.1. The molecule has 6 heteroatoms. The van der Waals surface area contributed by atoms with Crippen molar-refractivity contribution in [2.24, 2.45) is 0 Å². The molecule has 1 aliphatic carbocycles. The maximum atomic E-state index is 12.4. The number of thiophene rings is 1. The highest BCUT2D eigenvalue weighted by atomic mass is 32.1. The number of nitrogens with zero attached hydrogens (tertiary/aromatic N) is 2. The molecule has 1 aliphatic rings. The Morgan fingerprint density at radius 2 is 1.62 bits per heavy atom. The molecule has 0 bridgehead atoms. The molecule has 0 amide bonds. The van der Waals surface area contributed by atoms with E-state index in [0.29, 0.717) is 0 Å². The van der Waals surface area contributed by atoms with E-state index in [1.165, 1.54) is 23.7 Å². The fourth-order valence-electron chi connectivity index (χ4n) is 2.97. The monoisotopic (exact) mass is 358 g/mol. The lowest BCUT2D eigenvalue weighted by Gasteiger charge is -1.94. The predicted octanol–water partition coefficient (Wildman–Crippen LogP) is 4.41. The van der Waals surface area contributed by atoms with Crippen LogP contribution >= 0.6 is 11.3 Å². The minimum Gasteiger partial charge on any atom is -0.455 e. The van der Waals surface area contributed by atoms with Gasteiger partial charge in [-0.15, -0.1) is 11.3 Å². The van der Waals surface area contributed by atoms with Gasteiger partial charge in [-0.05, 0) is 12.1 Å². The number of Topliss-reactive ketones (excluding diaryl/α,β-unsaturated/α-hetero) is 2. The fraction of sp³-hybridized carbons (Fsp3) is 0. The third-order valence-electron chi connectivity index (χ3n) is 4.19. The van der Waals surface area contributed by atoms with Crippen LogP contribution in [-0.2, 0) is 0 Å². The van der Waals surface area contributed by atoms with E-state index in [2.05, 4.69) is 9.97 Å². The summed E-state index contributed by atoms with van der Waals surface area (Å²) >= 11 is 1.47. The maximum absolute atomic E-state index is 12.4. The topological polar surface area (TPSA) is 73.1 Å². The summed E-state index contributed by atoms with van der Waals surface area (Å²) < 4.78 is 6.86. The molecule has 0 atom stereocenters. The lowest BCUT2D eigenvalue weighted by Crippen LogP contribution is -2.00. The van der Waals surface area contributed by atoms with Gasteiger partial charge < -0.3 is 4.42 Å². The number of furan rings is 1. The molecule has 26 heavy (non-hydrogen) atoms. The number of ketones is 2. The van der Waals surface area contributed by atoms with E-state index in [9.17, 15) is 9.59 Å². The van der Waals surface area contributed by atoms with Gasteiger partial charge in [-0.2, -0.15) is 0 Å². The average Bonchev–Trinajstić information content (AvgIpc) is 3.30. The summed E-state index contributed by atoms with van der Waals surface area (Å²) in [5, 5.41) is 0. The lowest BCUT2D eigenvalue weighted by atomic mass is 10.1. The van der Waals surface area contributed by atoms with Crippen LogP contribution in [0.2, 0.25) is 0 Å². The first-order chi connectivity index (χ1) is 12.7. The fourth-order valence-corrected chi connectivity index (χ4v) is 3.94. The van der Waals surface area contributed by atoms with E-state index in [1.54, 1.807) is 6.08 Å². The zero-order valence-electron chi connectivity index (χ0n) is 13.3. The quantitative estimate of drug-likeness (QED) is 0.392. The normalized spacial score (nSPS) is 13.5. The molecule has 0 N–H and O–H groups in total. The molecule has 4 aromatic rings. The molecule has 0 saturated carbocycles. The number of hydrogen-bond acceptors (Lipinski definition) is 6. The van der Waals surface area contributed by atoms with Crippen molar-refractivity contribution in [1.29, 1.82) is 0 Å². The van der Waals surface area contributed by atoms with Crippen molar-refractivity contribution in [2.45, 2.75) is 0 Å². The minimum atomic E-state index is -0.381. The van der Waals surface area contributed by atoms with Crippen molar-refractivity contribution in [1.82, 2.24) is 9.97 Å². The molecular formula is C20H10N2O3S. The molecule has 3 aromatic heterocycles. The molecule has 0 aliphatic heterocycles. The largest absolute Gasteiger partial charge is 0.455 e. The van der Waals surface area contributed by atoms with Gasteiger partial charge in [0.05, 0.1) is 10.3 Å². The van der Waals surface area contributed by atoms with Gasteiger partial charge in [-0.3, -0.25) is 9.59 Å². The third-order valence-corrected chi connectivity index (χ3v) is 5.20. The summed E-state index contributed by atoms with van der Waals surface area (Å²) in [5.74, 6) is 0.0288. The first-order valence-corrected chi connectivity index (χ1v) is 8.73. The average molecular weight is 358 g/mol. The molecule has 3 heterocycles. The Hall–Kier alpha value is -3.38. The summed E-state index contributed by atoms with van der Waals surface area (Å²) in [6.45, 7) is 0. The number of allylic oxidation sites excluding steroid dienone is 1. The van der Waals surface area contributed by atoms with Gasteiger partial charge in [-0.1, -0.05) is 30.3 Å². The van der Waals surface area contributed by atoms with Crippen LogP contribution < -0.4 is 0 Å². The molecule has 5 nitrogen and oxygen atoms in total. The van der Waals surface area contributed by atoms with Crippen molar-refractivity contribution in [3.8, 4) is 11.3 Å². The van der Waals surface area contributed by atoms with Crippen LogP contribution in [0.25, 0.3) is 27.7 Å². The SMILES string of the molecule is O=C1C(=Cc2cc3oc(-c4ccccc4)cc3s2)C(=O)c2nccnc21. The van der Waals surface area contributed by atoms with E-state index in [4.69, 9.17) is 4.42 Å². The minimum absolute atomic E-state index is 0.0957. The molecular weight excluding hydrogens is 348 g/mol. The summed E-state index contributed by atoms with van der Waals surface area (Å²) in [6, 6.07) is 13.6. The number of rotatable bonds is 2. The second kappa shape index (κ2) is 5.57. The molecule has 5 rings (SSSR count). The van der Waals surface area contributed by atoms with Crippen molar-refractivity contribution < 1.29 is 14.0 Å². The molecule has 1 aromatic carbocycles. The second-order valence-electron chi connectivity index (χ2n) is 5.82. The molecule has 0 saturated heterocycles. The molecule has 124 valence electrons. The van der Waals surface area contributed by atoms with Gasteiger partial charge in [-0.25, -0.2) is 9.97 Å². The Kier molecular flexibility index (Phi) is 3.20. The second-order valence-corrected chi connectivity index (χ2v) is 6.94. The van der Waals surface area contributed by atoms with Gasteiger partial charge >= 0.3 is 0 Å². The van der Waals surface area contributed by atoms with Crippen LogP contribution in [0.1, 0.15) is 25.9 Å². The van der Waals surface area contributed by atoms with E-state index < -0.39 is 0 Å². The highest BCUT2D eigenvalue weighted by molar-refractivity contribution is 7.19. The Morgan fingerprint density at radius 3 is 2.27 bits per heavy atom. The Labute approximate surface area is 151 Å². The summed E-state index contributed by atoms with van der Waals surface area (Å²) in [5.41, 5.74) is 2.07. The maximum Gasteiger partial charge on any atom is 0.217 e. The van der Waals surface area contributed by atoms with Gasteiger partial charge in [0, 0.05) is 28.9 Å².